The number of aromatic nitrogens is 2. The third-order valence-corrected chi connectivity index (χ3v) is 3.84. The SMILES string of the molecule is CCc1nc(NC)c(C)c(-c2cc(C)c(C)cc2C)n1. The molecule has 0 atom stereocenters. The van der Waals surface area contributed by atoms with E-state index >= 15 is 0 Å². The number of hydrogen-bond acceptors (Lipinski definition) is 3. The van der Waals surface area contributed by atoms with Crippen molar-refractivity contribution in [1.82, 2.24) is 9.97 Å². The van der Waals surface area contributed by atoms with E-state index in [2.05, 4.69) is 57.1 Å². The molecule has 0 bridgehead atoms. The first-order valence-electron chi connectivity index (χ1n) is 7.11. The first kappa shape index (κ1) is 14.5. The molecule has 0 amide bonds. The Morgan fingerprint density at radius 2 is 1.60 bits per heavy atom. The van der Waals surface area contributed by atoms with Crippen LogP contribution in [0.1, 0.15) is 35.0 Å². The zero-order valence-corrected chi connectivity index (χ0v) is 13.3. The van der Waals surface area contributed by atoms with E-state index in [0.717, 1.165) is 29.3 Å². The number of nitrogens with zero attached hydrogens (tertiary/aromatic N) is 2. The van der Waals surface area contributed by atoms with Crippen molar-refractivity contribution >= 4 is 5.82 Å². The van der Waals surface area contributed by atoms with Crippen molar-refractivity contribution in [3.63, 3.8) is 0 Å². The first-order chi connectivity index (χ1) is 9.47. The number of nitrogens with one attached hydrogen (secondary N) is 1. The van der Waals surface area contributed by atoms with Crippen molar-refractivity contribution in [2.24, 2.45) is 0 Å². The Bertz CT molecular complexity index is 645. The Kier molecular flexibility index (Phi) is 4.07. The van der Waals surface area contributed by atoms with Crippen LogP contribution in [0.4, 0.5) is 5.82 Å². The lowest BCUT2D eigenvalue weighted by Crippen LogP contribution is -2.05. The van der Waals surface area contributed by atoms with Gasteiger partial charge in [-0.25, -0.2) is 9.97 Å². The van der Waals surface area contributed by atoms with Crippen molar-refractivity contribution in [1.29, 1.82) is 0 Å². The zero-order chi connectivity index (χ0) is 14.9. The van der Waals surface area contributed by atoms with E-state index in [1.54, 1.807) is 0 Å². The summed E-state index contributed by atoms with van der Waals surface area (Å²) in [6.45, 7) is 10.6. The van der Waals surface area contributed by atoms with E-state index in [1.165, 1.54) is 22.3 Å². The van der Waals surface area contributed by atoms with Crippen LogP contribution in [0.15, 0.2) is 12.1 Å². The fraction of sp³-hybridized carbons (Fsp3) is 0.412. The molecule has 1 N–H and O–H groups in total. The minimum Gasteiger partial charge on any atom is -0.373 e. The predicted octanol–water partition coefficient (Wildman–Crippen LogP) is 3.98. The maximum Gasteiger partial charge on any atom is 0.132 e. The molecule has 0 saturated carbocycles. The third-order valence-electron chi connectivity index (χ3n) is 3.84. The van der Waals surface area contributed by atoms with Gasteiger partial charge in [-0.2, -0.15) is 0 Å². The highest BCUT2D eigenvalue weighted by molar-refractivity contribution is 5.72. The zero-order valence-electron chi connectivity index (χ0n) is 13.3. The van der Waals surface area contributed by atoms with E-state index in [0.29, 0.717) is 0 Å². The Hall–Kier alpha value is -1.90. The Labute approximate surface area is 121 Å². The molecule has 0 radical (unpaired) electrons. The molecule has 0 unspecified atom stereocenters. The molecule has 1 aromatic carbocycles. The summed E-state index contributed by atoms with van der Waals surface area (Å²) >= 11 is 0. The highest BCUT2D eigenvalue weighted by Gasteiger charge is 2.13. The average Bonchev–Trinajstić information content (AvgIpc) is 2.43. The topological polar surface area (TPSA) is 37.8 Å². The molecule has 1 aromatic heterocycles. The standard InChI is InChI=1S/C17H23N3/c1-7-15-19-16(13(5)17(18-6)20-15)14-9-11(3)10(2)8-12(14)4/h8-9H,7H2,1-6H3,(H,18,19,20). The second kappa shape index (κ2) is 5.61. The van der Waals surface area contributed by atoms with Crippen LogP contribution < -0.4 is 5.32 Å². The van der Waals surface area contributed by atoms with E-state index in [9.17, 15) is 0 Å². The lowest BCUT2D eigenvalue weighted by atomic mass is 9.96. The van der Waals surface area contributed by atoms with Gasteiger partial charge < -0.3 is 5.32 Å². The van der Waals surface area contributed by atoms with E-state index in [1.807, 2.05) is 7.05 Å². The fourth-order valence-electron chi connectivity index (χ4n) is 2.44. The summed E-state index contributed by atoms with van der Waals surface area (Å²) in [7, 11) is 1.91. The molecule has 1 heterocycles. The largest absolute Gasteiger partial charge is 0.373 e. The number of aryl methyl sites for hydroxylation is 4. The maximum absolute atomic E-state index is 4.75. The Morgan fingerprint density at radius 1 is 0.950 bits per heavy atom. The Balaban J connectivity index is 2.71. The summed E-state index contributed by atoms with van der Waals surface area (Å²) in [6.07, 6.45) is 0.839. The molecule has 3 nitrogen and oxygen atoms in total. The van der Waals surface area contributed by atoms with Crippen LogP contribution in [0.25, 0.3) is 11.3 Å². The lowest BCUT2D eigenvalue weighted by molar-refractivity contribution is 0.935. The molecule has 0 aliphatic rings. The number of rotatable bonds is 3. The van der Waals surface area contributed by atoms with Crippen molar-refractivity contribution in [2.75, 3.05) is 12.4 Å². The molecular weight excluding hydrogens is 246 g/mol. The van der Waals surface area contributed by atoms with Gasteiger partial charge in [-0.05, 0) is 50.5 Å². The molecule has 106 valence electrons. The number of benzene rings is 1. The summed E-state index contributed by atoms with van der Waals surface area (Å²) in [6, 6.07) is 4.47. The second-order valence-electron chi connectivity index (χ2n) is 5.32. The second-order valence-corrected chi connectivity index (χ2v) is 5.32. The lowest BCUT2D eigenvalue weighted by Gasteiger charge is -2.15. The van der Waals surface area contributed by atoms with Gasteiger partial charge in [-0.3, -0.25) is 0 Å². The van der Waals surface area contributed by atoms with Gasteiger partial charge in [0.05, 0.1) is 5.69 Å². The Morgan fingerprint density at radius 3 is 2.20 bits per heavy atom. The van der Waals surface area contributed by atoms with Gasteiger partial charge in [0.15, 0.2) is 0 Å². The molecular formula is C17H23N3. The molecule has 0 saturated heterocycles. The fourth-order valence-corrected chi connectivity index (χ4v) is 2.44. The van der Waals surface area contributed by atoms with E-state index < -0.39 is 0 Å². The van der Waals surface area contributed by atoms with Crippen LogP contribution in [0.5, 0.6) is 0 Å². The van der Waals surface area contributed by atoms with Gasteiger partial charge in [-0.1, -0.05) is 13.0 Å². The highest BCUT2D eigenvalue weighted by Crippen LogP contribution is 2.30. The first-order valence-corrected chi connectivity index (χ1v) is 7.11. The monoisotopic (exact) mass is 269 g/mol. The van der Waals surface area contributed by atoms with E-state index in [-0.39, 0.29) is 0 Å². The molecule has 0 fully saturated rings. The minimum absolute atomic E-state index is 0.839. The van der Waals surface area contributed by atoms with Crippen LogP contribution >= 0.6 is 0 Å². The summed E-state index contributed by atoms with van der Waals surface area (Å²) in [5.74, 6) is 1.80. The number of anilines is 1. The molecule has 2 aromatic rings. The molecule has 0 spiro atoms. The van der Waals surface area contributed by atoms with Gasteiger partial charge >= 0.3 is 0 Å². The smallest absolute Gasteiger partial charge is 0.132 e. The van der Waals surface area contributed by atoms with Gasteiger partial charge in [0.25, 0.3) is 0 Å². The molecule has 20 heavy (non-hydrogen) atoms. The van der Waals surface area contributed by atoms with Gasteiger partial charge in [0, 0.05) is 24.6 Å². The van der Waals surface area contributed by atoms with E-state index in [4.69, 9.17) is 4.98 Å². The van der Waals surface area contributed by atoms with Gasteiger partial charge in [0.1, 0.15) is 11.6 Å². The van der Waals surface area contributed by atoms with Crippen LogP contribution in [0.2, 0.25) is 0 Å². The minimum atomic E-state index is 0.839. The van der Waals surface area contributed by atoms with Crippen molar-refractivity contribution < 1.29 is 0 Å². The summed E-state index contributed by atoms with van der Waals surface area (Å²) in [5.41, 5.74) is 7.24. The molecule has 0 aliphatic heterocycles. The third kappa shape index (κ3) is 2.53. The molecule has 2 rings (SSSR count). The van der Waals surface area contributed by atoms with Crippen molar-refractivity contribution in [3.05, 3.63) is 40.2 Å². The van der Waals surface area contributed by atoms with Gasteiger partial charge in [0.2, 0.25) is 0 Å². The van der Waals surface area contributed by atoms with Crippen molar-refractivity contribution in [3.8, 4) is 11.3 Å². The predicted molar refractivity (Wildman–Crippen MR) is 85.3 cm³/mol. The van der Waals surface area contributed by atoms with Crippen LogP contribution in [0, 0.1) is 27.7 Å². The van der Waals surface area contributed by atoms with Crippen LogP contribution in [-0.4, -0.2) is 17.0 Å². The maximum atomic E-state index is 4.75. The number of hydrogen-bond donors (Lipinski definition) is 1. The summed E-state index contributed by atoms with van der Waals surface area (Å²) in [4.78, 5) is 9.29. The normalized spacial score (nSPS) is 10.7. The highest BCUT2D eigenvalue weighted by atomic mass is 15.0. The van der Waals surface area contributed by atoms with Gasteiger partial charge in [-0.15, -0.1) is 0 Å². The molecule has 3 heteroatoms. The van der Waals surface area contributed by atoms with Crippen LogP contribution in [-0.2, 0) is 6.42 Å². The quantitative estimate of drug-likeness (QED) is 0.915. The molecule has 0 aliphatic carbocycles. The van der Waals surface area contributed by atoms with Crippen LogP contribution in [0.3, 0.4) is 0 Å². The van der Waals surface area contributed by atoms with Crippen molar-refractivity contribution in [2.45, 2.75) is 41.0 Å². The average molecular weight is 269 g/mol. The summed E-state index contributed by atoms with van der Waals surface area (Å²) in [5, 5.41) is 3.17. The summed E-state index contributed by atoms with van der Waals surface area (Å²) < 4.78 is 0.